The Morgan fingerprint density at radius 2 is 2.15 bits per heavy atom. The molecule has 1 saturated heterocycles. The number of aromatic nitrogens is 4. The van der Waals surface area contributed by atoms with Gasteiger partial charge in [-0.25, -0.2) is 4.68 Å². The second-order valence-electron chi connectivity index (χ2n) is 6.77. The number of aryl methyl sites for hydroxylation is 2. The SMILES string of the molecule is CCOC(=O)[C@@H]1CCCN(Cn2nnn(-c3cc(C)ccc3C)c2=S)C1. The summed E-state index contributed by atoms with van der Waals surface area (Å²) in [6.45, 7) is 8.43. The third-order valence-corrected chi connectivity index (χ3v) is 5.08. The van der Waals surface area contributed by atoms with Crippen LogP contribution < -0.4 is 0 Å². The smallest absolute Gasteiger partial charge is 0.310 e. The van der Waals surface area contributed by atoms with E-state index >= 15 is 0 Å². The third-order valence-electron chi connectivity index (χ3n) is 4.69. The first-order chi connectivity index (χ1) is 12.5. The Bertz CT molecular complexity index is 844. The molecule has 0 unspecified atom stereocenters. The van der Waals surface area contributed by atoms with Gasteiger partial charge in [0.1, 0.15) is 0 Å². The molecule has 140 valence electrons. The first-order valence-electron chi connectivity index (χ1n) is 8.99. The molecule has 2 aromatic rings. The van der Waals surface area contributed by atoms with Crippen LogP contribution in [0, 0.1) is 24.5 Å². The highest BCUT2D eigenvalue weighted by Crippen LogP contribution is 2.19. The highest BCUT2D eigenvalue weighted by Gasteiger charge is 2.27. The molecule has 26 heavy (non-hydrogen) atoms. The summed E-state index contributed by atoms with van der Waals surface area (Å²) in [6.07, 6.45) is 1.83. The highest BCUT2D eigenvalue weighted by atomic mass is 32.1. The van der Waals surface area contributed by atoms with Gasteiger partial charge in [0.25, 0.3) is 0 Å². The van der Waals surface area contributed by atoms with E-state index in [9.17, 15) is 4.79 Å². The summed E-state index contributed by atoms with van der Waals surface area (Å²) in [6, 6.07) is 6.18. The van der Waals surface area contributed by atoms with Crippen LogP contribution in [-0.4, -0.2) is 50.4 Å². The first kappa shape index (κ1) is 18.7. The molecule has 1 aromatic carbocycles. The number of hydrogen-bond acceptors (Lipinski definition) is 6. The Kier molecular flexibility index (Phi) is 5.83. The fourth-order valence-electron chi connectivity index (χ4n) is 3.29. The zero-order chi connectivity index (χ0) is 18.7. The van der Waals surface area contributed by atoms with E-state index in [4.69, 9.17) is 17.0 Å². The van der Waals surface area contributed by atoms with E-state index in [-0.39, 0.29) is 11.9 Å². The van der Waals surface area contributed by atoms with E-state index in [1.165, 1.54) is 0 Å². The van der Waals surface area contributed by atoms with Crippen molar-refractivity contribution >= 4 is 18.2 Å². The number of rotatable bonds is 5. The Balaban J connectivity index is 1.75. The summed E-state index contributed by atoms with van der Waals surface area (Å²) in [4.78, 5) is 14.2. The number of benzene rings is 1. The molecule has 3 rings (SSSR count). The van der Waals surface area contributed by atoms with Gasteiger partial charge in [-0.2, -0.15) is 4.68 Å². The number of hydrogen-bond donors (Lipinski definition) is 0. The maximum atomic E-state index is 12.0. The molecular weight excluding hydrogens is 350 g/mol. The van der Waals surface area contributed by atoms with Gasteiger partial charge in [-0.3, -0.25) is 9.69 Å². The predicted molar refractivity (Wildman–Crippen MR) is 101 cm³/mol. The second-order valence-corrected chi connectivity index (χ2v) is 7.14. The zero-order valence-corrected chi connectivity index (χ0v) is 16.3. The second kappa shape index (κ2) is 8.09. The standard InChI is InChI=1S/C18H25N5O2S/c1-4-25-17(24)15-6-5-9-21(11-15)12-22-18(26)23(20-19-22)16-10-13(2)7-8-14(16)3/h7-8,10,15H,4-6,9,11-12H2,1-3H3/t15-/m1/s1. The van der Waals surface area contributed by atoms with Gasteiger partial charge in [0, 0.05) is 6.54 Å². The molecule has 1 aromatic heterocycles. The fourth-order valence-corrected chi connectivity index (χ4v) is 3.52. The topological polar surface area (TPSA) is 65.2 Å². The van der Waals surface area contributed by atoms with Crippen molar-refractivity contribution in [2.75, 3.05) is 19.7 Å². The van der Waals surface area contributed by atoms with E-state index in [0.29, 0.717) is 24.6 Å². The molecule has 1 aliphatic heterocycles. The van der Waals surface area contributed by atoms with Gasteiger partial charge in [0.2, 0.25) is 4.77 Å². The molecule has 1 aliphatic rings. The quantitative estimate of drug-likeness (QED) is 0.591. The van der Waals surface area contributed by atoms with Crippen LogP contribution in [0.5, 0.6) is 0 Å². The minimum absolute atomic E-state index is 0.0769. The van der Waals surface area contributed by atoms with Crippen LogP contribution in [0.4, 0.5) is 0 Å². The van der Waals surface area contributed by atoms with Crippen LogP contribution in [0.2, 0.25) is 0 Å². The molecule has 0 amide bonds. The van der Waals surface area contributed by atoms with Crippen molar-refractivity contribution < 1.29 is 9.53 Å². The average molecular weight is 375 g/mol. The van der Waals surface area contributed by atoms with Gasteiger partial charge in [-0.15, -0.1) is 0 Å². The number of piperidine rings is 1. The van der Waals surface area contributed by atoms with E-state index < -0.39 is 0 Å². The normalized spacial score (nSPS) is 18.0. The molecule has 8 heteroatoms. The van der Waals surface area contributed by atoms with Gasteiger partial charge < -0.3 is 4.74 Å². The lowest BCUT2D eigenvalue weighted by Gasteiger charge is -2.30. The van der Waals surface area contributed by atoms with Crippen LogP contribution in [0.1, 0.15) is 30.9 Å². The number of carbonyl (C=O) groups excluding carboxylic acids is 1. The van der Waals surface area contributed by atoms with Crippen LogP contribution >= 0.6 is 12.2 Å². The summed E-state index contributed by atoms with van der Waals surface area (Å²) in [5, 5.41) is 8.47. The maximum Gasteiger partial charge on any atom is 0.310 e. The highest BCUT2D eigenvalue weighted by molar-refractivity contribution is 7.71. The average Bonchev–Trinajstić information content (AvgIpc) is 2.98. The molecule has 0 radical (unpaired) electrons. The molecule has 2 heterocycles. The van der Waals surface area contributed by atoms with E-state index in [1.54, 1.807) is 9.36 Å². The molecular formula is C18H25N5O2S. The molecule has 1 atom stereocenters. The zero-order valence-electron chi connectivity index (χ0n) is 15.5. The number of nitrogens with zero attached hydrogens (tertiary/aromatic N) is 5. The Morgan fingerprint density at radius 1 is 1.35 bits per heavy atom. The first-order valence-corrected chi connectivity index (χ1v) is 9.40. The van der Waals surface area contributed by atoms with Crippen LogP contribution in [0.15, 0.2) is 18.2 Å². The van der Waals surface area contributed by atoms with E-state index in [1.807, 2.05) is 20.8 Å². The Morgan fingerprint density at radius 3 is 2.92 bits per heavy atom. The number of carbonyl (C=O) groups is 1. The minimum atomic E-state index is -0.111. The monoisotopic (exact) mass is 375 g/mol. The fraction of sp³-hybridized carbons (Fsp3) is 0.556. The van der Waals surface area contributed by atoms with Crippen molar-refractivity contribution in [1.29, 1.82) is 0 Å². The van der Waals surface area contributed by atoms with Crippen molar-refractivity contribution in [3.8, 4) is 5.69 Å². The maximum absolute atomic E-state index is 12.0. The molecule has 7 nitrogen and oxygen atoms in total. The Hall–Kier alpha value is -2.06. The van der Waals surface area contributed by atoms with Crippen molar-refractivity contribution in [1.82, 2.24) is 24.7 Å². The number of esters is 1. The number of ether oxygens (including phenoxy) is 1. The van der Waals surface area contributed by atoms with E-state index in [0.717, 1.165) is 36.2 Å². The number of likely N-dealkylation sites (tertiary alicyclic amines) is 1. The summed E-state index contributed by atoms with van der Waals surface area (Å²) >= 11 is 5.58. The van der Waals surface area contributed by atoms with Crippen LogP contribution in [-0.2, 0) is 16.2 Å². The lowest BCUT2D eigenvalue weighted by atomic mass is 9.99. The Labute approximate surface area is 158 Å². The lowest BCUT2D eigenvalue weighted by Crippen LogP contribution is -2.40. The third kappa shape index (κ3) is 4.02. The largest absolute Gasteiger partial charge is 0.466 e. The predicted octanol–water partition coefficient (Wildman–Crippen LogP) is 2.65. The van der Waals surface area contributed by atoms with Crippen molar-refractivity contribution in [2.45, 2.75) is 40.3 Å². The number of tetrazole rings is 1. The van der Waals surface area contributed by atoms with Gasteiger partial charge in [-0.05, 0) is 80.0 Å². The lowest BCUT2D eigenvalue weighted by molar-refractivity contribution is -0.150. The molecule has 1 fully saturated rings. The summed E-state index contributed by atoms with van der Waals surface area (Å²) < 4.78 is 9.13. The van der Waals surface area contributed by atoms with Crippen LogP contribution in [0.3, 0.4) is 0 Å². The van der Waals surface area contributed by atoms with Crippen LogP contribution in [0.25, 0.3) is 5.69 Å². The van der Waals surface area contributed by atoms with Gasteiger partial charge in [0.05, 0.1) is 24.9 Å². The van der Waals surface area contributed by atoms with Gasteiger partial charge in [-0.1, -0.05) is 12.1 Å². The molecule has 0 N–H and O–H groups in total. The molecule has 0 bridgehead atoms. The molecule has 0 aliphatic carbocycles. The minimum Gasteiger partial charge on any atom is -0.466 e. The van der Waals surface area contributed by atoms with Crippen molar-refractivity contribution in [3.63, 3.8) is 0 Å². The van der Waals surface area contributed by atoms with Gasteiger partial charge >= 0.3 is 5.97 Å². The van der Waals surface area contributed by atoms with Crippen molar-refractivity contribution in [3.05, 3.63) is 34.1 Å². The van der Waals surface area contributed by atoms with Crippen molar-refractivity contribution in [2.24, 2.45) is 5.92 Å². The molecule has 0 spiro atoms. The summed E-state index contributed by atoms with van der Waals surface area (Å²) in [7, 11) is 0. The summed E-state index contributed by atoms with van der Waals surface area (Å²) in [5.74, 6) is -0.188. The van der Waals surface area contributed by atoms with Gasteiger partial charge in [0.15, 0.2) is 0 Å². The summed E-state index contributed by atoms with van der Waals surface area (Å²) in [5.41, 5.74) is 3.19. The molecule has 0 saturated carbocycles. The van der Waals surface area contributed by atoms with E-state index in [2.05, 4.69) is 33.5 Å².